The number of hydrogen-bond acceptors (Lipinski definition) is 6. The molecule has 0 bridgehead atoms. The molecule has 1 fully saturated rings. The molecule has 2 aliphatic heterocycles. The van der Waals surface area contributed by atoms with Crippen molar-refractivity contribution < 1.29 is 14.5 Å². The Morgan fingerprint density at radius 2 is 1.62 bits per heavy atom. The quantitative estimate of drug-likeness (QED) is 0.292. The highest BCUT2D eigenvalue weighted by atomic mass is 35.5. The fraction of sp³-hybridized carbons (Fsp3) is 0.185. The topological polar surface area (TPSA) is 108 Å². The maximum atomic E-state index is 13.1. The van der Waals surface area contributed by atoms with Gasteiger partial charge >= 0.3 is 0 Å². The van der Waals surface area contributed by atoms with Gasteiger partial charge in [-0.2, -0.15) is 0 Å². The normalized spacial score (nSPS) is 16.7. The van der Waals surface area contributed by atoms with Gasteiger partial charge in [-0.1, -0.05) is 17.7 Å². The Morgan fingerprint density at radius 3 is 2.27 bits per heavy atom. The molecule has 0 spiro atoms. The number of nitro groups is 1. The largest absolute Gasteiger partial charge is 0.354 e. The van der Waals surface area contributed by atoms with Crippen molar-refractivity contribution >= 4 is 51.7 Å². The van der Waals surface area contributed by atoms with Crippen LogP contribution in [-0.2, 0) is 4.79 Å². The zero-order valence-electron chi connectivity index (χ0n) is 20.0. The number of anilines is 2. The molecule has 37 heavy (non-hydrogen) atoms. The van der Waals surface area contributed by atoms with Gasteiger partial charge in [0.1, 0.15) is 0 Å². The second-order valence-corrected chi connectivity index (χ2v) is 9.43. The van der Waals surface area contributed by atoms with Gasteiger partial charge in [0.25, 0.3) is 17.5 Å². The van der Waals surface area contributed by atoms with Crippen molar-refractivity contribution in [3.63, 3.8) is 0 Å². The average Bonchev–Trinajstić information content (AvgIpc) is 3.22. The summed E-state index contributed by atoms with van der Waals surface area (Å²) in [6.07, 6.45) is 0. The van der Waals surface area contributed by atoms with Crippen LogP contribution in [0.4, 0.5) is 17.1 Å². The van der Waals surface area contributed by atoms with Gasteiger partial charge in [0.15, 0.2) is 0 Å². The highest BCUT2D eigenvalue weighted by Gasteiger charge is 2.29. The smallest absolute Gasteiger partial charge is 0.269 e. The Morgan fingerprint density at radius 1 is 0.973 bits per heavy atom. The third-order valence-corrected chi connectivity index (χ3v) is 6.77. The van der Waals surface area contributed by atoms with Crippen LogP contribution in [0.2, 0.25) is 5.02 Å². The van der Waals surface area contributed by atoms with Crippen molar-refractivity contribution in [2.45, 2.75) is 0 Å². The molecule has 2 heterocycles. The predicted molar refractivity (Wildman–Crippen MR) is 143 cm³/mol. The standard InChI is InChI=1S/C27H24ClN5O4/c1-31-12-14-32(15-13-31)27(35)18-2-7-20(8-3-18)29-25(17-4-9-21(10-5-17)33(36)37)24-22-11-6-19(28)16-23(22)30-26(24)34/h2-11,16,29H,12-15H2,1H3,(H,30,34)/b25-24-. The van der Waals surface area contributed by atoms with E-state index in [0.29, 0.717) is 57.4 Å². The minimum atomic E-state index is -0.473. The van der Waals surface area contributed by atoms with Crippen LogP contribution in [0, 0.1) is 10.1 Å². The van der Waals surface area contributed by atoms with Gasteiger partial charge in [0.2, 0.25) is 0 Å². The Kier molecular flexibility index (Phi) is 6.64. The van der Waals surface area contributed by atoms with Gasteiger partial charge in [-0.15, -0.1) is 0 Å². The van der Waals surface area contributed by atoms with E-state index in [1.54, 1.807) is 54.6 Å². The number of piperazine rings is 1. The first-order chi connectivity index (χ1) is 17.8. The van der Waals surface area contributed by atoms with Crippen LogP contribution >= 0.6 is 11.6 Å². The maximum absolute atomic E-state index is 13.1. The van der Waals surface area contributed by atoms with E-state index < -0.39 is 4.92 Å². The first kappa shape index (κ1) is 24.5. The molecule has 2 aliphatic rings. The van der Waals surface area contributed by atoms with Gasteiger partial charge < -0.3 is 20.4 Å². The van der Waals surface area contributed by atoms with E-state index in [2.05, 4.69) is 15.5 Å². The maximum Gasteiger partial charge on any atom is 0.269 e. The van der Waals surface area contributed by atoms with E-state index in [0.717, 1.165) is 13.1 Å². The van der Waals surface area contributed by atoms with Crippen LogP contribution in [0.5, 0.6) is 0 Å². The van der Waals surface area contributed by atoms with Crippen molar-refractivity contribution in [1.29, 1.82) is 0 Å². The van der Waals surface area contributed by atoms with Crippen molar-refractivity contribution in [1.82, 2.24) is 9.80 Å². The van der Waals surface area contributed by atoms with Crippen LogP contribution < -0.4 is 10.6 Å². The number of nitro benzene ring substituents is 1. The molecule has 5 rings (SSSR count). The van der Waals surface area contributed by atoms with Crippen LogP contribution in [0.15, 0.2) is 66.7 Å². The fourth-order valence-corrected chi connectivity index (χ4v) is 4.63. The summed E-state index contributed by atoms with van der Waals surface area (Å²) in [7, 11) is 2.04. The third-order valence-electron chi connectivity index (χ3n) is 6.53. The molecule has 2 N–H and O–H groups in total. The lowest BCUT2D eigenvalue weighted by molar-refractivity contribution is -0.384. The molecule has 0 atom stereocenters. The minimum absolute atomic E-state index is 0.0189. The predicted octanol–water partition coefficient (Wildman–Crippen LogP) is 4.57. The molecule has 1 saturated heterocycles. The number of non-ortho nitro benzene ring substituents is 1. The third kappa shape index (κ3) is 5.04. The molecular weight excluding hydrogens is 494 g/mol. The summed E-state index contributed by atoms with van der Waals surface area (Å²) in [5.74, 6) is -0.338. The second kappa shape index (κ2) is 10.0. The molecule has 0 aromatic heterocycles. The highest BCUT2D eigenvalue weighted by molar-refractivity contribution is 6.38. The number of nitrogens with zero attached hydrogens (tertiary/aromatic N) is 3. The summed E-state index contributed by atoms with van der Waals surface area (Å²) in [6, 6.07) is 18.2. The van der Waals surface area contributed by atoms with E-state index in [-0.39, 0.29) is 17.5 Å². The molecule has 0 unspecified atom stereocenters. The molecule has 188 valence electrons. The average molecular weight is 518 g/mol. The minimum Gasteiger partial charge on any atom is -0.354 e. The van der Waals surface area contributed by atoms with Crippen LogP contribution in [0.1, 0.15) is 21.5 Å². The number of carbonyl (C=O) groups excluding carboxylic acids is 2. The zero-order chi connectivity index (χ0) is 26.1. The van der Waals surface area contributed by atoms with Crippen molar-refractivity contribution in [3.05, 3.63) is 98.6 Å². The zero-order valence-corrected chi connectivity index (χ0v) is 20.8. The summed E-state index contributed by atoms with van der Waals surface area (Å²) < 4.78 is 0. The monoisotopic (exact) mass is 517 g/mol. The molecule has 3 aromatic rings. The number of hydrogen-bond donors (Lipinski definition) is 2. The van der Waals surface area contributed by atoms with E-state index in [1.807, 2.05) is 11.9 Å². The van der Waals surface area contributed by atoms with Crippen molar-refractivity contribution in [2.75, 3.05) is 43.9 Å². The van der Waals surface area contributed by atoms with E-state index in [1.165, 1.54) is 12.1 Å². The Balaban J connectivity index is 1.49. The molecule has 9 nitrogen and oxygen atoms in total. The van der Waals surface area contributed by atoms with Crippen LogP contribution in [0.25, 0.3) is 11.3 Å². The first-order valence-corrected chi connectivity index (χ1v) is 12.1. The van der Waals surface area contributed by atoms with Gasteiger partial charge in [0, 0.05) is 60.1 Å². The lowest BCUT2D eigenvalue weighted by atomic mass is 9.99. The SMILES string of the molecule is CN1CCN(C(=O)c2ccc(N/C(=C3\C(=O)Nc4cc(Cl)ccc43)c3ccc([N+](=O)[O-])cc3)cc2)CC1. The van der Waals surface area contributed by atoms with Crippen molar-refractivity contribution in [3.8, 4) is 0 Å². The molecule has 0 radical (unpaired) electrons. The summed E-state index contributed by atoms with van der Waals surface area (Å²) in [5.41, 5.74) is 3.90. The summed E-state index contributed by atoms with van der Waals surface area (Å²) >= 11 is 6.12. The van der Waals surface area contributed by atoms with Gasteiger partial charge in [0.05, 0.1) is 21.9 Å². The molecule has 2 amide bonds. The number of nitrogens with one attached hydrogen (secondary N) is 2. The second-order valence-electron chi connectivity index (χ2n) is 9.00. The van der Waals surface area contributed by atoms with E-state index in [4.69, 9.17) is 11.6 Å². The summed E-state index contributed by atoms with van der Waals surface area (Å²) in [5, 5.41) is 17.8. The number of halogens is 1. The highest BCUT2D eigenvalue weighted by Crippen LogP contribution is 2.39. The van der Waals surface area contributed by atoms with Crippen molar-refractivity contribution in [2.24, 2.45) is 0 Å². The van der Waals surface area contributed by atoms with E-state index >= 15 is 0 Å². The fourth-order valence-electron chi connectivity index (χ4n) is 4.45. The molecule has 10 heteroatoms. The van der Waals surface area contributed by atoms with Crippen LogP contribution in [-0.4, -0.2) is 59.8 Å². The number of carbonyl (C=O) groups is 2. The molecule has 0 saturated carbocycles. The van der Waals surface area contributed by atoms with Gasteiger partial charge in [-0.25, -0.2) is 0 Å². The Bertz CT molecular complexity index is 1410. The van der Waals surface area contributed by atoms with E-state index in [9.17, 15) is 19.7 Å². The van der Waals surface area contributed by atoms with Crippen LogP contribution in [0.3, 0.4) is 0 Å². The lowest BCUT2D eigenvalue weighted by Crippen LogP contribution is -2.47. The van der Waals surface area contributed by atoms with Gasteiger partial charge in [-0.05, 0) is 61.1 Å². The van der Waals surface area contributed by atoms with Gasteiger partial charge in [-0.3, -0.25) is 19.7 Å². The number of amides is 2. The Labute approximate surface area is 218 Å². The summed E-state index contributed by atoms with van der Waals surface area (Å²) in [6.45, 7) is 3.05. The molecular formula is C27H24ClN5O4. The number of benzene rings is 3. The Hall–Kier alpha value is -4.21. The number of rotatable bonds is 5. The number of fused-ring (bicyclic) bond motifs is 1. The first-order valence-electron chi connectivity index (χ1n) is 11.8. The molecule has 3 aromatic carbocycles. The lowest BCUT2D eigenvalue weighted by Gasteiger charge is -2.32. The summed E-state index contributed by atoms with van der Waals surface area (Å²) in [4.78, 5) is 40.7. The molecule has 0 aliphatic carbocycles. The number of likely N-dealkylation sites (N-methyl/N-ethyl adjacent to an activating group) is 1.